The zero-order valence-electron chi connectivity index (χ0n) is 13.0. The van der Waals surface area contributed by atoms with E-state index in [1.165, 1.54) is 5.56 Å². The lowest BCUT2D eigenvalue weighted by molar-refractivity contribution is 0.345. The van der Waals surface area contributed by atoms with Gasteiger partial charge in [-0.3, -0.25) is 0 Å². The first-order valence-corrected chi connectivity index (χ1v) is 7.01. The minimum atomic E-state index is 0.205. The number of hydrogen-bond donors (Lipinski definition) is 1. The van der Waals surface area contributed by atoms with Crippen molar-refractivity contribution in [3.63, 3.8) is 0 Å². The fourth-order valence-corrected chi connectivity index (χ4v) is 2.45. The van der Waals surface area contributed by atoms with Gasteiger partial charge in [-0.2, -0.15) is 0 Å². The normalized spacial score (nSPS) is 11.5. The fourth-order valence-electron chi connectivity index (χ4n) is 2.45. The molecule has 0 saturated heterocycles. The van der Waals surface area contributed by atoms with Crippen molar-refractivity contribution in [2.75, 3.05) is 32.1 Å². The summed E-state index contributed by atoms with van der Waals surface area (Å²) >= 11 is 0. The summed E-state index contributed by atoms with van der Waals surface area (Å²) in [5, 5.41) is 0. The summed E-state index contributed by atoms with van der Waals surface area (Å²) < 4.78 is 5.47. The van der Waals surface area contributed by atoms with Crippen LogP contribution in [0.5, 0.6) is 5.75 Å². The Morgan fingerprint density at radius 3 is 2.53 bits per heavy atom. The second-order valence-electron chi connectivity index (χ2n) is 5.92. The van der Waals surface area contributed by atoms with Crippen molar-refractivity contribution in [1.29, 1.82) is 0 Å². The molecule has 0 heterocycles. The van der Waals surface area contributed by atoms with E-state index in [0.717, 1.165) is 37.4 Å². The van der Waals surface area contributed by atoms with Gasteiger partial charge in [-0.1, -0.05) is 26.8 Å². The van der Waals surface area contributed by atoms with Gasteiger partial charge in [-0.15, -0.1) is 0 Å². The quantitative estimate of drug-likeness (QED) is 0.822. The van der Waals surface area contributed by atoms with E-state index in [2.05, 4.69) is 50.9 Å². The summed E-state index contributed by atoms with van der Waals surface area (Å²) in [6.07, 6.45) is 2.06. The molecule has 1 aromatic rings. The van der Waals surface area contributed by atoms with Crippen LogP contribution in [0.15, 0.2) is 18.2 Å². The molecule has 0 bridgehead atoms. The molecule has 0 atom stereocenters. The number of nitrogens with two attached hydrogens (primary N) is 1. The van der Waals surface area contributed by atoms with Gasteiger partial charge in [-0.05, 0) is 42.5 Å². The third-order valence-corrected chi connectivity index (χ3v) is 3.55. The van der Waals surface area contributed by atoms with Crippen LogP contribution >= 0.6 is 0 Å². The number of hydrogen-bond acceptors (Lipinski definition) is 3. The van der Waals surface area contributed by atoms with Crippen LogP contribution in [0.2, 0.25) is 0 Å². The first-order chi connectivity index (χ1) is 8.93. The predicted octanol–water partition coefficient (Wildman–Crippen LogP) is 3.07. The third kappa shape index (κ3) is 4.43. The highest BCUT2D eigenvalue weighted by Gasteiger charge is 2.21. The lowest BCUT2D eigenvalue weighted by Crippen LogP contribution is -2.33. The van der Waals surface area contributed by atoms with Crippen molar-refractivity contribution in [3.05, 3.63) is 23.8 Å². The molecule has 0 amide bonds. The molecule has 2 N–H and O–H groups in total. The maximum atomic E-state index is 5.69. The van der Waals surface area contributed by atoms with Crippen LogP contribution in [-0.4, -0.2) is 27.2 Å². The summed E-state index contributed by atoms with van der Waals surface area (Å²) in [5.74, 6) is 0.934. The van der Waals surface area contributed by atoms with Crippen molar-refractivity contribution in [3.8, 4) is 5.75 Å². The number of methoxy groups -OCH3 is 1. The zero-order valence-corrected chi connectivity index (χ0v) is 13.0. The minimum absolute atomic E-state index is 0.205. The second kappa shape index (κ2) is 6.80. The third-order valence-electron chi connectivity index (χ3n) is 3.55. The lowest BCUT2D eigenvalue weighted by atomic mass is 9.88. The first-order valence-electron chi connectivity index (χ1n) is 7.01. The molecule has 0 aliphatic heterocycles. The molecule has 0 aliphatic rings. The molecule has 0 aromatic heterocycles. The highest BCUT2D eigenvalue weighted by molar-refractivity contribution is 5.59. The van der Waals surface area contributed by atoms with Gasteiger partial charge in [0.25, 0.3) is 0 Å². The topological polar surface area (TPSA) is 38.5 Å². The number of anilines is 1. The van der Waals surface area contributed by atoms with Crippen molar-refractivity contribution in [2.24, 2.45) is 11.1 Å². The first kappa shape index (κ1) is 15.8. The molecule has 1 aromatic carbocycles. The van der Waals surface area contributed by atoms with Crippen LogP contribution in [0, 0.1) is 5.41 Å². The Bertz CT molecular complexity index is 402. The zero-order chi connectivity index (χ0) is 14.5. The molecule has 0 spiro atoms. The minimum Gasteiger partial charge on any atom is -0.495 e. The van der Waals surface area contributed by atoms with Gasteiger partial charge in [0, 0.05) is 13.6 Å². The molecule has 0 saturated carbocycles. The smallest absolute Gasteiger partial charge is 0.142 e. The average Bonchev–Trinajstić information content (AvgIpc) is 2.37. The number of benzene rings is 1. The van der Waals surface area contributed by atoms with Gasteiger partial charge >= 0.3 is 0 Å². The van der Waals surface area contributed by atoms with Crippen LogP contribution in [0.25, 0.3) is 0 Å². The maximum Gasteiger partial charge on any atom is 0.142 e. The molecule has 3 heteroatoms. The molecule has 19 heavy (non-hydrogen) atoms. The highest BCUT2D eigenvalue weighted by atomic mass is 16.5. The van der Waals surface area contributed by atoms with E-state index in [1.54, 1.807) is 7.11 Å². The van der Waals surface area contributed by atoms with Gasteiger partial charge < -0.3 is 15.4 Å². The van der Waals surface area contributed by atoms with Crippen molar-refractivity contribution < 1.29 is 4.74 Å². The molecule has 108 valence electrons. The summed E-state index contributed by atoms with van der Waals surface area (Å²) in [4.78, 5) is 2.27. The Morgan fingerprint density at radius 2 is 2.00 bits per heavy atom. The van der Waals surface area contributed by atoms with E-state index in [0.29, 0.717) is 0 Å². The van der Waals surface area contributed by atoms with Gasteiger partial charge in [-0.25, -0.2) is 0 Å². The van der Waals surface area contributed by atoms with Gasteiger partial charge in [0.2, 0.25) is 0 Å². The Hall–Kier alpha value is -1.22. The van der Waals surface area contributed by atoms with Crippen molar-refractivity contribution in [1.82, 2.24) is 0 Å². The number of rotatable bonds is 7. The van der Waals surface area contributed by atoms with E-state index in [-0.39, 0.29) is 5.41 Å². The molecule has 0 aliphatic carbocycles. The number of ether oxygens (including phenoxy) is 1. The number of nitrogens with zero attached hydrogens (tertiary/aromatic N) is 1. The van der Waals surface area contributed by atoms with Gasteiger partial charge in [0.15, 0.2) is 0 Å². The SMILES string of the molecule is CCc1ccc(OC)c(N(C)CC(C)(C)CCN)c1. The Morgan fingerprint density at radius 1 is 1.32 bits per heavy atom. The van der Waals surface area contributed by atoms with E-state index >= 15 is 0 Å². The summed E-state index contributed by atoms with van der Waals surface area (Å²) in [7, 11) is 3.85. The Balaban J connectivity index is 2.94. The molecule has 0 fully saturated rings. The largest absolute Gasteiger partial charge is 0.495 e. The fraction of sp³-hybridized carbons (Fsp3) is 0.625. The van der Waals surface area contributed by atoms with Crippen LogP contribution in [0.3, 0.4) is 0 Å². The molecule has 1 rings (SSSR count). The predicted molar refractivity (Wildman–Crippen MR) is 83.1 cm³/mol. The monoisotopic (exact) mass is 264 g/mol. The molecule has 0 radical (unpaired) electrons. The lowest BCUT2D eigenvalue weighted by Gasteiger charge is -2.32. The number of aryl methyl sites for hydroxylation is 1. The Kier molecular flexibility index (Phi) is 5.67. The van der Waals surface area contributed by atoms with E-state index in [9.17, 15) is 0 Å². The highest BCUT2D eigenvalue weighted by Crippen LogP contribution is 2.31. The summed E-state index contributed by atoms with van der Waals surface area (Å²) in [6.45, 7) is 8.38. The summed E-state index contributed by atoms with van der Waals surface area (Å²) in [5.41, 5.74) is 8.38. The van der Waals surface area contributed by atoms with Gasteiger partial charge in [0.1, 0.15) is 5.75 Å². The molecule has 3 nitrogen and oxygen atoms in total. The van der Waals surface area contributed by atoms with Crippen LogP contribution in [0.4, 0.5) is 5.69 Å². The summed E-state index contributed by atoms with van der Waals surface area (Å²) in [6, 6.07) is 6.40. The molecule has 0 unspecified atom stereocenters. The average molecular weight is 264 g/mol. The van der Waals surface area contributed by atoms with Crippen LogP contribution in [0.1, 0.15) is 32.8 Å². The van der Waals surface area contributed by atoms with Crippen LogP contribution in [-0.2, 0) is 6.42 Å². The van der Waals surface area contributed by atoms with Crippen LogP contribution < -0.4 is 15.4 Å². The van der Waals surface area contributed by atoms with Gasteiger partial charge in [0.05, 0.1) is 12.8 Å². The van der Waals surface area contributed by atoms with E-state index in [4.69, 9.17) is 10.5 Å². The molecular weight excluding hydrogens is 236 g/mol. The Labute approximate surface area is 117 Å². The molecular formula is C16H28N2O. The van der Waals surface area contributed by atoms with E-state index in [1.807, 2.05) is 0 Å². The standard InChI is InChI=1S/C16H28N2O/c1-6-13-7-8-15(19-5)14(11-13)18(4)12-16(2,3)9-10-17/h7-8,11H,6,9-10,12,17H2,1-5H3. The van der Waals surface area contributed by atoms with Crippen molar-refractivity contribution >= 4 is 5.69 Å². The maximum absolute atomic E-state index is 5.69. The van der Waals surface area contributed by atoms with Crippen molar-refractivity contribution in [2.45, 2.75) is 33.6 Å². The second-order valence-corrected chi connectivity index (χ2v) is 5.92. The van der Waals surface area contributed by atoms with E-state index < -0.39 is 0 Å².